The van der Waals surface area contributed by atoms with E-state index in [2.05, 4.69) is 12.1 Å². The number of carbonyl (C=O) groups excluding carboxylic acids is 1. The van der Waals surface area contributed by atoms with Crippen molar-refractivity contribution in [3.63, 3.8) is 0 Å². The normalized spacial score (nSPS) is 16.9. The quantitative estimate of drug-likeness (QED) is 0.747. The van der Waals surface area contributed by atoms with Crippen molar-refractivity contribution in [1.82, 2.24) is 4.90 Å². The molecule has 1 unspecified atom stereocenters. The van der Waals surface area contributed by atoms with Crippen molar-refractivity contribution in [2.45, 2.75) is 13.0 Å². The van der Waals surface area contributed by atoms with Gasteiger partial charge in [-0.3, -0.25) is 4.79 Å². The van der Waals surface area contributed by atoms with Gasteiger partial charge in [0, 0.05) is 12.1 Å². The van der Waals surface area contributed by atoms with Crippen LogP contribution in [0.5, 0.6) is 11.5 Å². The molecule has 0 aromatic heterocycles. The minimum absolute atomic E-state index is 0.0888. The van der Waals surface area contributed by atoms with Crippen LogP contribution in [0.4, 0.5) is 0 Å². The van der Waals surface area contributed by atoms with E-state index in [1.165, 1.54) is 6.07 Å². The number of aryl methyl sites for hydroxylation is 1. The van der Waals surface area contributed by atoms with Gasteiger partial charge in [0.2, 0.25) is 0 Å². The summed E-state index contributed by atoms with van der Waals surface area (Å²) in [5, 5.41) is 12.1. The van der Waals surface area contributed by atoms with Gasteiger partial charge < -0.3 is 19.5 Å². The maximum atomic E-state index is 12.9. The molecule has 0 spiro atoms. The van der Waals surface area contributed by atoms with Gasteiger partial charge in [0.15, 0.2) is 0 Å². The summed E-state index contributed by atoms with van der Waals surface area (Å²) in [6.07, 6.45) is -0.178. The van der Waals surface area contributed by atoms with Crippen LogP contribution < -0.4 is 4.74 Å². The molecular weight excluding hydrogens is 354 g/mol. The van der Waals surface area contributed by atoms with Crippen molar-refractivity contribution in [2.24, 2.45) is 0 Å². The first kappa shape index (κ1) is 18.3. The number of rotatable bonds is 3. The van der Waals surface area contributed by atoms with Crippen molar-refractivity contribution in [3.8, 4) is 11.5 Å². The van der Waals surface area contributed by atoms with Crippen LogP contribution in [0.25, 0.3) is 10.8 Å². The molecule has 28 heavy (non-hydrogen) atoms. The molecule has 3 aromatic rings. The van der Waals surface area contributed by atoms with E-state index in [0.29, 0.717) is 25.3 Å². The topological polar surface area (TPSA) is 59.0 Å². The highest BCUT2D eigenvalue weighted by atomic mass is 16.5. The number of ether oxygens (including phenoxy) is 2. The molecule has 1 amide bonds. The van der Waals surface area contributed by atoms with E-state index in [1.54, 1.807) is 24.1 Å². The van der Waals surface area contributed by atoms with Crippen molar-refractivity contribution in [3.05, 3.63) is 71.3 Å². The first-order chi connectivity index (χ1) is 13.5. The predicted molar refractivity (Wildman–Crippen MR) is 108 cm³/mol. The molecule has 1 heterocycles. The zero-order chi connectivity index (χ0) is 19.7. The molecule has 5 nitrogen and oxygen atoms in total. The highest BCUT2D eigenvalue weighted by Crippen LogP contribution is 2.28. The van der Waals surface area contributed by atoms with Gasteiger partial charge in [-0.1, -0.05) is 24.3 Å². The molecule has 0 saturated carbocycles. The highest BCUT2D eigenvalue weighted by Gasteiger charge is 2.26. The molecule has 1 fully saturated rings. The Morgan fingerprint density at radius 2 is 1.89 bits per heavy atom. The maximum Gasteiger partial charge on any atom is 0.254 e. The number of benzene rings is 3. The zero-order valence-electron chi connectivity index (χ0n) is 16.0. The van der Waals surface area contributed by atoms with Gasteiger partial charge in [0.25, 0.3) is 5.91 Å². The average Bonchev–Trinajstić information content (AvgIpc) is 2.74. The molecule has 1 atom stereocenters. The lowest BCUT2D eigenvalue weighted by atomic mass is 10.0. The van der Waals surface area contributed by atoms with E-state index >= 15 is 0 Å². The minimum Gasteiger partial charge on any atom is -0.508 e. The van der Waals surface area contributed by atoms with Gasteiger partial charge in [0.05, 0.1) is 20.3 Å². The Morgan fingerprint density at radius 1 is 1.11 bits per heavy atom. The Morgan fingerprint density at radius 3 is 2.68 bits per heavy atom. The summed E-state index contributed by atoms with van der Waals surface area (Å²) in [4.78, 5) is 14.7. The summed E-state index contributed by atoms with van der Waals surface area (Å²) in [6, 6.07) is 17.2. The maximum absolute atomic E-state index is 12.9. The van der Waals surface area contributed by atoms with Gasteiger partial charge in [-0.05, 0) is 59.2 Å². The first-order valence-corrected chi connectivity index (χ1v) is 9.33. The lowest BCUT2D eigenvalue weighted by molar-refractivity contribution is -0.0227. The van der Waals surface area contributed by atoms with E-state index in [0.717, 1.165) is 27.6 Å². The number of morpholine rings is 1. The molecule has 0 radical (unpaired) electrons. The second-order valence-electron chi connectivity index (χ2n) is 7.08. The Hall–Kier alpha value is -3.05. The summed E-state index contributed by atoms with van der Waals surface area (Å²) in [5.41, 5.74) is 2.29. The molecule has 1 aliphatic rings. The summed E-state index contributed by atoms with van der Waals surface area (Å²) >= 11 is 0. The number of hydrogen-bond acceptors (Lipinski definition) is 4. The summed E-state index contributed by atoms with van der Waals surface area (Å²) in [5.74, 6) is 0.877. The molecule has 3 aromatic carbocycles. The lowest BCUT2D eigenvalue weighted by Crippen LogP contribution is -2.42. The van der Waals surface area contributed by atoms with E-state index < -0.39 is 0 Å². The molecule has 144 valence electrons. The van der Waals surface area contributed by atoms with Crippen LogP contribution in [-0.4, -0.2) is 42.7 Å². The van der Waals surface area contributed by atoms with Crippen molar-refractivity contribution >= 4 is 16.7 Å². The van der Waals surface area contributed by atoms with E-state index in [4.69, 9.17) is 9.47 Å². The van der Waals surface area contributed by atoms with Crippen molar-refractivity contribution in [2.75, 3.05) is 26.8 Å². The number of amides is 1. The fraction of sp³-hybridized carbons (Fsp3) is 0.261. The number of methoxy groups -OCH3 is 1. The van der Waals surface area contributed by atoms with Gasteiger partial charge >= 0.3 is 0 Å². The number of carbonyl (C=O) groups is 1. The standard InChI is InChI=1S/C23H23NO4/c1-15-3-4-19(13-21(15)25)23(26)24-9-10-28-22(14-24)18-6-5-17-12-20(27-2)8-7-16(17)11-18/h3-8,11-13,22,25H,9-10,14H2,1-2H3. The third-order valence-electron chi connectivity index (χ3n) is 5.25. The van der Waals surface area contributed by atoms with Crippen LogP contribution in [0.3, 0.4) is 0 Å². The Kier molecular flexibility index (Phi) is 4.92. The molecule has 0 bridgehead atoms. The van der Waals surface area contributed by atoms with Gasteiger partial charge in [-0.2, -0.15) is 0 Å². The third kappa shape index (κ3) is 3.53. The number of nitrogens with zero attached hydrogens (tertiary/aromatic N) is 1. The number of fused-ring (bicyclic) bond motifs is 1. The molecular formula is C23H23NO4. The number of phenolic OH excluding ortho intramolecular Hbond substituents is 1. The second-order valence-corrected chi connectivity index (χ2v) is 7.08. The van der Waals surface area contributed by atoms with Crippen LogP contribution in [0.15, 0.2) is 54.6 Å². The Labute approximate surface area is 164 Å². The Balaban J connectivity index is 1.55. The highest BCUT2D eigenvalue weighted by molar-refractivity contribution is 5.95. The molecule has 4 rings (SSSR count). The number of hydrogen-bond donors (Lipinski definition) is 1. The number of aromatic hydroxyl groups is 1. The molecule has 1 N–H and O–H groups in total. The van der Waals surface area contributed by atoms with Gasteiger partial charge in [-0.25, -0.2) is 0 Å². The fourth-order valence-electron chi connectivity index (χ4n) is 3.53. The van der Waals surface area contributed by atoms with Crippen LogP contribution >= 0.6 is 0 Å². The monoisotopic (exact) mass is 377 g/mol. The molecule has 0 aliphatic carbocycles. The average molecular weight is 377 g/mol. The smallest absolute Gasteiger partial charge is 0.254 e. The van der Waals surface area contributed by atoms with E-state index in [9.17, 15) is 9.90 Å². The van der Waals surface area contributed by atoms with Crippen LogP contribution in [0.1, 0.15) is 27.6 Å². The van der Waals surface area contributed by atoms with Gasteiger partial charge in [0.1, 0.15) is 17.6 Å². The van der Waals surface area contributed by atoms with Crippen molar-refractivity contribution < 1.29 is 19.4 Å². The van der Waals surface area contributed by atoms with Crippen LogP contribution in [-0.2, 0) is 4.74 Å². The predicted octanol–water partition coefficient (Wildman–Crippen LogP) is 4.08. The molecule has 1 saturated heterocycles. The first-order valence-electron chi connectivity index (χ1n) is 9.33. The molecule has 5 heteroatoms. The lowest BCUT2D eigenvalue weighted by Gasteiger charge is -2.33. The minimum atomic E-state index is -0.178. The zero-order valence-corrected chi connectivity index (χ0v) is 16.0. The van der Waals surface area contributed by atoms with E-state index in [-0.39, 0.29) is 17.8 Å². The SMILES string of the molecule is COc1ccc2cc(C3CN(C(=O)c4ccc(C)c(O)c4)CCO3)ccc2c1. The Bertz CT molecular complexity index is 1030. The van der Waals surface area contributed by atoms with E-state index in [1.807, 2.05) is 31.2 Å². The molecule has 1 aliphatic heterocycles. The third-order valence-corrected chi connectivity index (χ3v) is 5.25. The van der Waals surface area contributed by atoms with Crippen molar-refractivity contribution in [1.29, 1.82) is 0 Å². The van der Waals surface area contributed by atoms with Crippen LogP contribution in [0, 0.1) is 6.92 Å². The van der Waals surface area contributed by atoms with Gasteiger partial charge in [-0.15, -0.1) is 0 Å². The number of phenols is 1. The fourth-order valence-corrected chi connectivity index (χ4v) is 3.53. The largest absolute Gasteiger partial charge is 0.508 e. The summed E-state index contributed by atoms with van der Waals surface area (Å²) < 4.78 is 11.2. The summed E-state index contributed by atoms with van der Waals surface area (Å²) in [7, 11) is 1.66. The van der Waals surface area contributed by atoms with Crippen LogP contribution in [0.2, 0.25) is 0 Å². The summed E-state index contributed by atoms with van der Waals surface area (Å²) in [6.45, 7) is 3.31. The second kappa shape index (κ2) is 7.52.